The van der Waals surface area contributed by atoms with Gasteiger partial charge in [-0.3, -0.25) is 0 Å². The highest BCUT2D eigenvalue weighted by atomic mass is 16.5. The Labute approximate surface area is 107 Å². The van der Waals surface area contributed by atoms with Crippen LogP contribution in [0.4, 0.5) is 5.82 Å². The lowest BCUT2D eigenvalue weighted by atomic mass is 10.4. The van der Waals surface area contributed by atoms with Crippen LogP contribution in [0.1, 0.15) is 6.92 Å². The van der Waals surface area contributed by atoms with Gasteiger partial charge in [-0.05, 0) is 13.0 Å². The van der Waals surface area contributed by atoms with Crippen LogP contribution in [0.3, 0.4) is 0 Å². The van der Waals surface area contributed by atoms with Gasteiger partial charge in [-0.25, -0.2) is 0 Å². The van der Waals surface area contributed by atoms with Gasteiger partial charge in [0.15, 0.2) is 5.82 Å². The van der Waals surface area contributed by atoms with Crippen LogP contribution in [0, 0.1) is 0 Å². The SMILES string of the molecule is CCOCCOc1ccc(N2C=CNCC2)nn1. The van der Waals surface area contributed by atoms with E-state index in [4.69, 9.17) is 9.47 Å². The fourth-order valence-electron chi connectivity index (χ4n) is 1.57. The molecule has 0 unspecified atom stereocenters. The lowest BCUT2D eigenvalue weighted by molar-refractivity contribution is 0.108. The summed E-state index contributed by atoms with van der Waals surface area (Å²) in [4.78, 5) is 2.04. The minimum absolute atomic E-state index is 0.495. The van der Waals surface area contributed by atoms with Gasteiger partial charge in [-0.15, -0.1) is 10.2 Å². The number of hydrogen-bond donors (Lipinski definition) is 1. The van der Waals surface area contributed by atoms with Gasteiger partial charge in [0.05, 0.1) is 6.61 Å². The van der Waals surface area contributed by atoms with E-state index < -0.39 is 0 Å². The molecule has 0 bridgehead atoms. The topological polar surface area (TPSA) is 59.5 Å². The average molecular weight is 250 g/mol. The number of nitrogens with zero attached hydrogens (tertiary/aromatic N) is 3. The lowest BCUT2D eigenvalue weighted by Gasteiger charge is -2.22. The maximum absolute atomic E-state index is 5.40. The van der Waals surface area contributed by atoms with Gasteiger partial charge in [-0.2, -0.15) is 0 Å². The zero-order valence-electron chi connectivity index (χ0n) is 10.5. The third kappa shape index (κ3) is 3.59. The third-order valence-corrected chi connectivity index (χ3v) is 2.47. The molecule has 0 aliphatic carbocycles. The van der Waals surface area contributed by atoms with Gasteiger partial charge in [0.2, 0.25) is 5.88 Å². The Hall–Kier alpha value is -1.82. The largest absolute Gasteiger partial charge is 0.474 e. The Balaban J connectivity index is 1.85. The molecule has 0 saturated heterocycles. The van der Waals surface area contributed by atoms with Crippen molar-refractivity contribution in [3.8, 4) is 5.88 Å². The minimum Gasteiger partial charge on any atom is -0.474 e. The van der Waals surface area contributed by atoms with Crippen molar-refractivity contribution < 1.29 is 9.47 Å². The summed E-state index contributed by atoms with van der Waals surface area (Å²) in [6, 6.07) is 3.73. The van der Waals surface area contributed by atoms with E-state index in [1.54, 1.807) is 0 Å². The molecule has 6 nitrogen and oxygen atoms in total. The second-order valence-electron chi connectivity index (χ2n) is 3.74. The van der Waals surface area contributed by atoms with Crippen LogP contribution in [-0.2, 0) is 4.74 Å². The van der Waals surface area contributed by atoms with E-state index >= 15 is 0 Å². The van der Waals surface area contributed by atoms with E-state index in [-0.39, 0.29) is 0 Å². The molecule has 98 valence electrons. The third-order valence-electron chi connectivity index (χ3n) is 2.47. The quantitative estimate of drug-likeness (QED) is 0.753. The molecule has 1 aromatic rings. The molecule has 0 spiro atoms. The van der Waals surface area contributed by atoms with Gasteiger partial charge >= 0.3 is 0 Å². The highest BCUT2D eigenvalue weighted by Crippen LogP contribution is 2.13. The molecular formula is C12H18N4O2. The molecule has 1 aliphatic rings. The normalized spacial score (nSPS) is 14.4. The summed E-state index contributed by atoms with van der Waals surface area (Å²) in [6.45, 7) is 5.51. The monoisotopic (exact) mass is 250 g/mol. The van der Waals surface area contributed by atoms with Crippen molar-refractivity contribution in [3.63, 3.8) is 0 Å². The molecule has 1 aliphatic heterocycles. The highest BCUT2D eigenvalue weighted by Gasteiger charge is 2.08. The van der Waals surface area contributed by atoms with Crippen LogP contribution in [0.5, 0.6) is 5.88 Å². The van der Waals surface area contributed by atoms with Crippen LogP contribution in [0.2, 0.25) is 0 Å². The molecular weight excluding hydrogens is 232 g/mol. The summed E-state index contributed by atoms with van der Waals surface area (Å²) in [5, 5.41) is 11.3. The van der Waals surface area contributed by atoms with E-state index in [2.05, 4.69) is 15.5 Å². The first-order valence-electron chi connectivity index (χ1n) is 6.11. The number of nitrogens with one attached hydrogen (secondary N) is 1. The zero-order valence-corrected chi connectivity index (χ0v) is 10.5. The molecule has 18 heavy (non-hydrogen) atoms. The molecule has 2 rings (SSSR count). The number of hydrogen-bond acceptors (Lipinski definition) is 6. The summed E-state index contributed by atoms with van der Waals surface area (Å²) in [5.74, 6) is 1.35. The van der Waals surface area contributed by atoms with E-state index in [1.165, 1.54) is 0 Å². The Morgan fingerprint density at radius 2 is 2.28 bits per heavy atom. The Bertz CT molecular complexity index is 380. The first-order valence-corrected chi connectivity index (χ1v) is 6.11. The molecule has 6 heteroatoms. The van der Waals surface area contributed by atoms with Crippen molar-refractivity contribution in [2.24, 2.45) is 0 Å². The summed E-state index contributed by atoms with van der Waals surface area (Å²) < 4.78 is 10.6. The van der Waals surface area contributed by atoms with Crippen molar-refractivity contribution in [2.75, 3.05) is 37.8 Å². The number of ether oxygens (including phenoxy) is 2. The molecule has 0 amide bonds. The van der Waals surface area contributed by atoms with Crippen molar-refractivity contribution in [3.05, 3.63) is 24.5 Å². The van der Waals surface area contributed by atoms with Crippen molar-refractivity contribution in [1.82, 2.24) is 15.5 Å². The molecule has 0 radical (unpaired) electrons. The standard InChI is InChI=1S/C12H18N4O2/c1-2-17-9-10-18-12-4-3-11(14-15-12)16-7-5-13-6-8-16/h3-5,7,13H,2,6,8-10H2,1H3. The number of rotatable bonds is 6. The summed E-state index contributed by atoms with van der Waals surface area (Å²) >= 11 is 0. The van der Waals surface area contributed by atoms with Crippen molar-refractivity contribution >= 4 is 5.82 Å². The number of anilines is 1. The molecule has 1 aromatic heterocycles. The molecule has 0 fully saturated rings. The van der Waals surface area contributed by atoms with E-state index in [0.29, 0.717) is 25.7 Å². The van der Waals surface area contributed by atoms with Gasteiger partial charge in [0.25, 0.3) is 0 Å². The van der Waals surface area contributed by atoms with Gasteiger partial charge in [0.1, 0.15) is 6.61 Å². The predicted molar refractivity (Wildman–Crippen MR) is 68.5 cm³/mol. The highest BCUT2D eigenvalue weighted by molar-refractivity contribution is 5.42. The number of aromatic nitrogens is 2. The zero-order chi connectivity index (χ0) is 12.6. The maximum Gasteiger partial charge on any atom is 0.233 e. The molecule has 0 atom stereocenters. The summed E-state index contributed by atoms with van der Waals surface area (Å²) in [7, 11) is 0. The van der Waals surface area contributed by atoms with Crippen LogP contribution in [0.25, 0.3) is 0 Å². The van der Waals surface area contributed by atoms with Crippen molar-refractivity contribution in [2.45, 2.75) is 6.92 Å². The average Bonchev–Trinajstić information content (AvgIpc) is 2.45. The Morgan fingerprint density at radius 1 is 1.33 bits per heavy atom. The molecule has 0 saturated carbocycles. The first-order chi connectivity index (χ1) is 8.90. The van der Waals surface area contributed by atoms with Gasteiger partial charge in [-0.1, -0.05) is 0 Å². The van der Waals surface area contributed by atoms with Crippen LogP contribution in [-0.4, -0.2) is 43.1 Å². The summed E-state index contributed by atoms with van der Waals surface area (Å²) in [6.07, 6.45) is 3.85. The molecule has 2 heterocycles. The van der Waals surface area contributed by atoms with Crippen LogP contribution < -0.4 is 15.0 Å². The summed E-state index contributed by atoms with van der Waals surface area (Å²) in [5.41, 5.74) is 0. The van der Waals surface area contributed by atoms with Gasteiger partial charge < -0.3 is 19.7 Å². The Kier molecular flexibility index (Phi) is 4.78. The fraction of sp³-hybridized carbons (Fsp3) is 0.500. The second kappa shape index (κ2) is 6.80. The minimum atomic E-state index is 0.495. The Morgan fingerprint density at radius 3 is 2.94 bits per heavy atom. The fourth-order valence-corrected chi connectivity index (χ4v) is 1.57. The van der Waals surface area contributed by atoms with E-state index in [9.17, 15) is 0 Å². The van der Waals surface area contributed by atoms with Crippen LogP contribution in [0.15, 0.2) is 24.5 Å². The van der Waals surface area contributed by atoms with Crippen molar-refractivity contribution in [1.29, 1.82) is 0 Å². The van der Waals surface area contributed by atoms with E-state index in [1.807, 2.05) is 36.4 Å². The second-order valence-corrected chi connectivity index (χ2v) is 3.74. The maximum atomic E-state index is 5.40. The molecule has 1 N–H and O–H groups in total. The molecule has 0 aromatic carbocycles. The van der Waals surface area contributed by atoms with Gasteiger partial charge in [0, 0.05) is 38.2 Å². The predicted octanol–water partition coefficient (Wildman–Crippen LogP) is 0.773. The van der Waals surface area contributed by atoms with E-state index in [0.717, 1.165) is 18.9 Å². The smallest absolute Gasteiger partial charge is 0.233 e. The lowest BCUT2D eigenvalue weighted by Crippen LogP contribution is -2.31. The van der Waals surface area contributed by atoms with Crippen LogP contribution >= 0.6 is 0 Å². The first kappa shape index (κ1) is 12.6.